The smallest absolute Gasteiger partial charge is 0.249 e. The van der Waals surface area contributed by atoms with E-state index in [0.29, 0.717) is 0 Å². The number of carbonyl (C=O) groups is 1. The molecule has 0 saturated heterocycles. The molecule has 1 aromatic rings. The van der Waals surface area contributed by atoms with Crippen LogP contribution in [0.2, 0.25) is 0 Å². The Morgan fingerprint density at radius 3 is 3.06 bits per heavy atom. The van der Waals surface area contributed by atoms with Crippen molar-refractivity contribution in [2.45, 2.75) is 32.4 Å². The van der Waals surface area contributed by atoms with Gasteiger partial charge in [0.25, 0.3) is 0 Å². The van der Waals surface area contributed by atoms with Crippen molar-refractivity contribution in [3.8, 4) is 0 Å². The summed E-state index contributed by atoms with van der Waals surface area (Å²) in [7, 11) is 1.57. The van der Waals surface area contributed by atoms with Crippen molar-refractivity contribution in [3.63, 3.8) is 0 Å². The number of hydrogen-bond donors (Lipinski definition) is 0. The lowest BCUT2D eigenvalue weighted by atomic mass is 10.0. The summed E-state index contributed by atoms with van der Waals surface area (Å²) >= 11 is 0. The monoisotopic (exact) mass is 236 g/mol. The molecule has 0 bridgehead atoms. The lowest BCUT2D eigenvalue weighted by molar-refractivity contribution is -0.139. The Morgan fingerprint density at radius 1 is 1.53 bits per heavy atom. The van der Waals surface area contributed by atoms with Crippen molar-refractivity contribution in [1.82, 2.24) is 9.47 Å². The molecule has 1 unspecified atom stereocenters. The third kappa shape index (κ3) is 2.36. The molecule has 94 valence electrons. The standard InChI is InChI=1S/C13H20N2O2/c1-3-5-12-11-6-4-7-14(11)8-9-15(12)13(16)10-17-2/h4,6-7,12H,3,5,8-10H2,1-2H3. The number of aromatic nitrogens is 1. The molecule has 4 heteroatoms. The van der Waals surface area contributed by atoms with Gasteiger partial charge in [0.2, 0.25) is 5.91 Å². The second-order valence-electron chi connectivity index (χ2n) is 4.45. The van der Waals surface area contributed by atoms with Crippen LogP contribution in [0.15, 0.2) is 18.3 Å². The molecule has 0 radical (unpaired) electrons. The predicted octanol–water partition coefficient (Wildman–Crippen LogP) is 1.82. The van der Waals surface area contributed by atoms with Gasteiger partial charge in [0.05, 0.1) is 6.04 Å². The van der Waals surface area contributed by atoms with E-state index >= 15 is 0 Å². The molecule has 0 spiro atoms. The average Bonchev–Trinajstić information content (AvgIpc) is 2.78. The molecule has 1 aliphatic rings. The van der Waals surface area contributed by atoms with Gasteiger partial charge in [-0.1, -0.05) is 13.3 Å². The fourth-order valence-electron chi connectivity index (χ4n) is 2.55. The summed E-state index contributed by atoms with van der Waals surface area (Å²) in [5.41, 5.74) is 1.25. The first kappa shape index (κ1) is 12.2. The Hall–Kier alpha value is -1.29. The van der Waals surface area contributed by atoms with Gasteiger partial charge in [-0.05, 0) is 18.6 Å². The van der Waals surface area contributed by atoms with Gasteiger partial charge in [-0.15, -0.1) is 0 Å². The second-order valence-corrected chi connectivity index (χ2v) is 4.45. The van der Waals surface area contributed by atoms with Crippen LogP contribution in [-0.4, -0.2) is 35.6 Å². The summed E-state index contributed by atoms with van der Waals surface area (Å²) in [5, 5.41) is 0. The zero-order valence-electron chi connectivity index (χ0n) is 10.6. The predicted molar refractivity (Wildman–Crippen MR) is 65.7 cm³/mol. The van der Waals surface area contributed by atoms with Crippen LogP contribution in [0, 0.1) is 0 Å². The van der Waals surface area contributed by atoms with Crippen LogP contribution in [-0.2, 0) is 16.1 Å². The van der Waals surface area contributed by atoms with Crippen LogP contribution in [0.25, 0.3) is 0 Å². The normalized spacial score (nSPS) is 19.2. The number of nitrogens with zero attached hydrogens (tertiary/aromatic N) is 2. The Balaban J connectivity index is 2.20. The molecule has 0 saturated carbocycles. The molecule has 0 N–H and O–H groups in total. The van der Waals surface area contributed by atoms with Gasteiger partial charge in [-0.25, -0.2) is 0 Å². The van der Waals surface area contributed by atoms with E-state index in [-0.39, 0.29) is 18.6 Å². The SMILES string of the molecule is CCCC1c2cccn2CCN1C(=O)COC. The Morgan fingerprint density at radius 2 is 2.35 bits per heavy atom. The second kappa shape index (κ2) is 5.36. The number of ether oxygens (including phenoxy) is 1. The Kier molecular flexibility index (Phi) is 3.84. The molecule has 0 aromatic carbocycles. The molecule has 1 aromatic heterocycles. The number of methoxy groups -OCH3 is 1. The van der Waals surface area contributed by atoms with Crippen molar-refractivity contribution >= 4 is 5.91 Å². The molecule has 1 atom stereocenters. The first-order valence-corrected chi connectivity index (χ1v) is 6.21. The van der Waals surface area contributed by atoms with Crippen molar-refractivity contribution in [2.75, 3.05) is 20.3 Å². The maximum Gasteiger partial charge on any atom is 0.249 e. The van der Waals surface area contributed by atoms with Crippen LogP contribution in [0.1, 0.15) is 31.5 Å². The van der Waals surface area contributed by atoms with Crippen molar-refractivity contribution in [2.24, 2.45) is 0 Å². The van der Waals surface area contributed by atoms with E-state index in [9.17, 15) is 4.79 Å². The first-order chi connectivity index (χ1) is 8.27. The molecular weight excluding hydrogens is 216 g/mol. The molecule has 2 heterocycles. The highest BCUT2D eigenvalue weighted by atomic mass is 16.5. The molecule has 2 rings (SSSR count). The van der Waals surface area contributed by atoms with Gasteiger partial charge in [-0.2, -0.15) is 0 Å². The molecule has 17 heavy (non-hydrogen) atoms. The van der Waals surface area contributed by atoms with Gasteiger partial charge in [0.15, 0.2) is 0 Å². The van der Waals surface area contributed by atoms with Crippen LogP contribution >= 0.6 is 0 Å². The fraction of sp³-hybridized carbons (Fsp3) is 0.615. The zero-order valence-corrected chi connectivity index (χ0v) is 10.6. The zero-order chi connectivity index (χ0) is 12.3. The molecule has 1 aliphatic heterocycles. The highest BCUT2D eigenvalue weighted by molar-refractivity contribution is 5.78. The lowest BCUT2D eigenvalue weighted by Gasteiger charge is -2.37. The third-order valence-corrected chi connectivity index (χ3v) is 3.31. The summed E-state index contributed by atoms with van der Waals surface area (Å²) in [6, 6.07) is 4.39. The quantitative estimate of drug-likeness (QED) is 0.799. The van der Waals surface area contributed by atoms with Gasteiger partial charge < -0.3 is 14.2 Å². The van der Waals surface area contributed by atoms with Crippen LogP contribution < -0.4 is 0 Å². The summed E-state index contributed by atoms with van der Waals surface area (Å²) in [4.78, 5) is 14.0. The highest BCUT2D eigenvalue weighted by Crippen LogP contribution is 2.29. The van der Waals surface area contributed by atoms with Crippen LogP contribution in [0.5, 0.6) is 0 Å². The van der Waals surface area contributed by atoms with Crippen molar-refractivity contribution in [1.29, 1.82) is 0 Å². The van der Waals surface area contributed by atoms with Gasteiger partial charge in [-0.3, -0.25) is 4.79 Å². The number of carbonyl (C=O) groups excluding carboxylic acids is 1. The van der Waals surface area contributed by atoms with E-state index in [1.807, 2.05) is 4.90 Å². The van der Waals surface area contributed by atoms with E-state index in [4.69, 9.17) is 4.74 Å². The summed E-state index contributed by atoms with van der Waals surface area (Å²) in [6.07, 6.45) is 4.18. The van der Waals surface area contributed by atoms with Crippen molar-refractivity contribution in [3.05, 3.63) is 24.0 Å². The third-order valence-electron chi connectivity index (χ3n) is 3.31. The Labute approximate surface area is 102 Å². The largest absolute Gasteiger partial charge is 0.375 e. The fourth-order valence-corrected chi connectivity index (χ4v) is 2.55. The van der Waals surface area contributed by atoms with Crippen molar-refractivity contribution < 1.29 is 9.53 Å². The highest BCUT2D eigenvalue weighted by Gasteiger charge is 2.29. The summed E-state index contributed by atoms with van der Waals surface area (Å²) < 4.78 is 7.20. The number of hydrogen-bond acceptors (Lipinski definition) is 2. The maximum absolute atomic E-state index is 12.0. The minimum Gasteiger partial charge on any atom is -0.375 e. The van der Waals surface area contributed by atoms with Gasteiger partial charge in [0.1, 0.15) is 6.61 Å². The lowest BCUT2D eigenvalue weighted by Crippen LogP contribution is -2.43. The molecular formula is C13H20N2O2. The topological polar surface area (TPSA) is 34.5 Å². The summed E-state index contributed by atoms with van der Waals surface area (Å²) in [6.45, 7) is 4.01. The van der Waals surface area contributed by atoms with Gasteiger partial charge in [0, 0.05) is 32.1 Å². The molecule has 0 aliphatic carbocycles. The maximum atomic E-state index is 12.0. The van der Waals surface area contributed by atoms with E-state index < -0.39 is 0 Å². The minimum absolute atomic E-state index is 0.0957. The molecule has 4 nitrogen and oxygen atoms in total. The first-order valence-electron chi connectivity index (χ1n) is 6.21. The van der Waals surface area contributed by atoms with E-state index in [0.717, 1.165) is 25.9 Å². The van der Waals surface area contributed by atoms with E-state index in [1.165, 1.54) is 5.69 Å². The number of fused-ring (bicyclic) bond motifs is 1. The Bertz CT molecular complexity index is 387. The number of rotatable bonds is 4. The van der Waals surface area contributed by atoms with Crippen LogP contribution in [0.4, 0.5) is 0 Å². The van der Waals surface area contributed by atoms with E-state index in [2.05, 4.69) is 29.8 Å². The molecule has 1 amide bonds. The van der Waals surface area contributed by atoms with Crippen LogP contribution in [0.3, 0.4) is 0 Å². The molecule has 0 fully saturated rings. The minimum atomic E-state index is 0.0957. The van der Waals surface area contributed by atoms with Gasteiger partial charge >= 0.3 is 0 Å². The average molecular weight is 236 g/mol. The number of amides is 1. The van der Waals surface area contributed by atoms with E-state index in [1.54, 1.807) is 7.11 Å². The summed E-state index contributed by atoms with van der Waals surface area (Å²) in [5.74, 6) is 0.0957.